The Hall–Kier alpha value is -2.30. The third-order valence-corrected chi connectivity index (χ3v) is 2.58. The summed E-state index contributed by atoms with van der Waals surface area (Å²) in [5.41, 5.74) is 1.53. The molecule has 108 valence electrons. The molecule has 0 saturated heterocycles. The minimum Gasteiger partial charge on any atom is -0.495 e. The lowest BCUT2D eigenvalue weighted by Gasteiger charge is -2.14. The molecule has 0 aliphatic rings. The number of benzene rings is 1. The molecule has 0 aliphatic heterocycles. The smallest absolute Gasteiger partial charge is 0.331 e. The molecule has 1 N–H and O–H groups in total. The Morgan fingerprint density at radius 1 is 1.35 bits per heavy atom. The standard InChI is InChI=1S/C15H19NO4/c1-5-6-14(17)20-11(3)15(18)16-12-9-10(2)7-8-13(12)19-4/h5-9,11H,1-4H3,(H,16,18)/b6-5+. The van der Waals surface area contributed by atoms with Crippen molar-refractivity contribution in [2.24, 2.45) is 0 Å². The summed E-state index contributed by atoms with van der Waals surface area (Å²) in [6.45, 7) is 5.12. The van der Waals surface area contributed by atoms with E-state index in [0.717, 1.165) is 5.56 Å². The largest absolute Gasteiger partial charge is 0.495 e. The van der Waals surface area contributed by atoms with Crippen LogP contribution in [0.25, 0.3) is 0 Å². The summed E-state index contributed by atoms with van der Waals surface area (Å²) in [6, 6.07) is 5.43. The number of allylic oxidation sites excluding steroid dienone is 1. The van der Waals surface area contributed by atoms with Crippen molar-refractivity contribution in [2.45, 2.75) is 26.9 Å². The van der Waals surface area contributed by atoms with Crippen molar-refractivity contribution in [2.75, 3.05) is 12.4 Å². The topological polar surface area (TPSA) is 64.6 Å². The summed E-state index contributed by atoms with van der Waals surface area (Å²) in [4.78, 5) is 23.2. The van der Waals surface area contributed by atoms with E-state index < -0.39 is 18.0 Å². The number of ether oxygens (including phenoxy) is 2. The van der Waals surface area contributed by atoms with Gasteiger partial charge in [0.1, 0.15) is 5.75 Å². The zero-order chi connectivity index (χ0) is 15.1. The van der Waals surface area contributed by atoms with Gasteiger partial charge in [0, 0.05) is 6.08 Å². The van der Waals surface area contributed by atoms with Gasteiger partial charge in [0.2, 0.25) is 0 Å². The number of anilines is 1. The molecule has 0 radical (unpaired) electrons. The minimum atomic E-state index is -0.885. The Morgan fingerprint density at radius 3 is 2.65 bits per heavy atom. The molecule has 1 aromatic carbocycles. The predicted octanol–water partition coefficient (Wildman–Crippen LogP) is 2.45. The Bertz CT molecular complexity index is 523. The molecule has 1 amide bonds. The molecule has 0 aromatic heterocycles. The van der Waals surface area contributed by atoms with E-state index in [2.05, 4.69) is 5.32 Å². The quantitative estimate of drug-likeness (QED) is 0.663. The SMILES string of the molecule is C/C=C/C(=O)OC(C)C(=O)Nc1cc(C)ccc1OC. The van der Waals surface area contributed by atoms with E-state index in [4.69, 9.17) is 9.47 Å². The number of rotatable bonds is 5. The third-order valence-electron chi connectivity index (χ3n) is 2.58. The van der Waals surface area contributed by atoms with Crippen LogP contribution in [0.1, 0.15) is 19.4 Å². The van der Waals surface area contributed by atoms with Crippen LogP contribution in [-0.4, -0.2) is 25.1 Å². The van der Waals surface area contributed by atoms with E-state index in [0.29, 0.717) is 11.4 Å². The van der Waals surface area contributed by atoms with Gasteiger partial charge in [0.05, 0.1) is 12.8 Å². The number of hydrogen-bond acceptors (Lipinski definition) is 4. The number of esters is 1. The van der Waals surface area contributed by atoms with Crippen LogP contribution in [0, 0.1) is 6.92 Å². The second kappa shape index (κ2) is 7.33. The van der Waals surface area contributed by atoms with E-state index in [-0.39, 0.29) is 0 Å². The van der Waals surface area contributed by atoms with Crippen molar-refractivity contribution in [3.05, 3.63) is 35.9 Å². The highest BCUT2D eigenvalue weighted by atomic mass is 16.5. The first-order valence-corrected chi connectivity index (χ1v) is 6.26. The molecule has 1 aromatic rings. The molecule has 1 atom stereocenters. The maximum atomic E-state index is 12.0. The van der Waals surface area contributed by atoms with E-state index >= 15 is 0 Å². The maximum absolute atomic E-state index is 12.0. The van der Waals surface area contributed by atoms with Crippen molar-refractivity contribution in [1.82, 2.24) is 0 Å². The highest BCUT2D eigenvalue weighted by molar-refractivity contribution is 5.97. The van der Waals surface area contributed by atoms with Gasteiger partial charge in [0.25, 0.3) is 5.91 Å². The van der Waals surface area contributed by atoms with Gasteiger partial charge in [-0.05, 0) is 38.5 Å². The number of nitrogens with one attached hydrogen (secondary N) is 1. The van der Waals surface area contributed by atoms with Crippen molar-refractivity contribution in [3.63, 3.8) is 0 Å². The molecule has 0 spiro atoms. The number of amides is 1. The van der Waals surface area contributed by atoms with Gasteiger partial charge < -0.3 is 14.8 Å². The second-order valence-corrected chi connectivity index (χ2v) is 4.27. The molecule has 0 aliphatic carbocycles. The van der Waals surface area contributed by atoms with Gasteiger partial charge in [-0.2, -0.15) is 0 Å². The highest BCUT2D eigenvalue weighted by Crippen LogP contribution is 2.25. The number of methoxy groups -OCH3 is 1. The van der Waals surface area contributed by atoms with Gasteiger partial charge in [-0.25, -0.2) is 4.79 Å². The lowest BCUT2D eigenvalue weighted by molar-refractivity contribution is -0.148. The second-order valence-electron chi connectivity index (χ2n) is 4.27. The minimum absolute atomic E-state index is 0.410. The van der Waals surface area contributed by atoms with Gasteiger partial charge >= 0.3 is 5.97 Å². The summed E-state index contributed by atoms with van der Waals surface area (Å²) in [6.07, 6.45) is 1.93. The van der Waals surface area contributed by atoms with Crippen molar-refractivity contribution in [3.8, 4) is 5.75 Å². The first kappa shape index (κ1) is 15.8. The van der Waals surface area contributed by atoms with Crippen molar-refractivity contribution >= 4 is 17.6 Å². The van der Waals surface area contributed by atoms with E-state index in [9.17, 15) is 9.59 Å². The Morgan fingerprint density at radius 2 is 2.05 bits per heavy atom. The van der Waals surface area contributed by atoms with Crippen LogP contribution in [0.3, 0.4) is 0 Å². The van der Waals surface area contributed by atoms with Crippen molar-refractivity contribution < 1.29 is 19.1 Å². The lowest BCUT2D eigenvalue weighted by atomic mass is 10.2. The van der Waals surface area contributed by atoms with Gasteiger partial charge in [-0.1, -0.05) is 12.1 Å². The zero-order valence-electron chi connectivity index (χ0n) is 12.1. The van der Waals surface area contributed by atoms with Crippen LogP contribution in [-0.2, 0) is 14.3 Å². The van der Waals surface area contributed by atoms with Crippen molar-refractivity contribution in [1.29, 1.82) is 0 Å². The van der Waals surface area contributed by atoms with Crippen LogP contribution in [0.4, 0.5) is 5.69 Å². The fourth-order valence-electron chi connectivity index (χ4n) is 1.56. The molecular formula is C15H19NO4. The maximum Gasteiger partial charge on any atom is 0.331 e. The molecular weight excluding hydrogens is 258 g/mol. The predicted molar refractivity (Wildman–Crippen MR) is 76.7 cm³/mol. The number of aryl methyl sites for hydroxylation is 1. The molecule has 1 unspecified atom stereocenters. The Kier molecular flexibility index (Phi) is 5.77. The van der Waals surface area contributed by atoms with Crippen LogP contribution in [0.2, 0.25) is 0 Å². The number of carbonyl (C=O) groups excluding carboxylic acids is 2. The number of hydrogen-bond donors (Lipinski definition) is 1. The summed E-state index contributed by atoms with van der Waals surface area (Å²) in [5, 5.41) is 2.68. The molecule has 20 heavy (non-hydrogen) atoms. The van der Waals surface area contributed by atoms with Crippen LogP contribution in [0.5, 0.6) is 5.75 Å². The normalized spacial score (nSPS) is 12.0. The monoisotopic (exact) mass is 277 g/mol. The van der Waals surface area contributed by atoms with Gasteiger partial charge in [-0.15, -0.1) is 0 Å². The van der Waals surface area contributed by atoms with Crippen LogP contribution < -0.4 is 10.1 Å². The van der Waals surface area contributed by atoms with E-state index in [1.807, 2.05) is 13.0 Å². The first-order valence-electron chi connectivity index (χ1n) is 6.26. The fraction of sp³-hybridized carbons (Fsp3) is 0.333. The van der Waals surface area contributed by atoms with E-state index in [1.54, 1.807) is 25.1 Å². The lowest BCUT2D eigenvalue weighted by Crippen LogP contribution is -2.29. The Balaban J connectivity index is 2.75. The average molecular weight is 277 g/mol. The molecule has 5 nitrogen and oxygen atoms in total. The van der Waals surface area contributed by atoms with Crippen LogP contribution in [0.15, 0.2) is 30.4 Å². The molecule has 5 heteroatoms. The summed E-state index contributed by atoms with van der Waals surface area (Å²) in [5.74, 6) is -0.408. The highest BCUT2D eigenvalue weighted by Gasteiger charge is 2.18. The zero-order valence-corrected chi connectivity index (χ0v) is 12.1. The average Bonchev–Trinajstić information content (AvgIpc) is 2.39. The third kappa shape index (κ3) is 4.42. The van der Waals surface area contributed by atoms with Gasteiger partial charge in [-0.3, -0.25) is 4.79 Å². The van der Waals surface area contributed by atoms with E-state index in [1.165, 1.54) is 20.1 Å². The first-order chi connectivity index (χ1) is 9.47. The van der Waals surface area contributed by atoms with Gasteiger partial charge in [0.15, 0.2) is 6.10 Å². The summed E-state index contributed by atoms with van der Waals surface area (Å²) >= 11 is 0. The Labute approximate surface area is 118 Å². The molecule has 0 fully saturated rings. The molecule has 1 rings (SSSR count). The van der Waals surface area contributed by atoms with Crippen LogP contribution >= 0.6 is 0 Å². The summed E-state index contributed by atoms with van der Waals surface area (Å²) < 4.78 is 10.1. The summed E-state index contributed by atoms with van der Waals surface area (Å²) in [7, 11) is 1.52. The number of carbonyl (C=O) groups is 2. The molecule has 0 bridgehead atoms. The molecule has 0 heterocycles. The molecule has 0 saturated carbocycles. The fourth-order valence-corrected chi connectivity index (χ4v) is 1.56.